The van der Waals surface area contributed by atoms with Gasteiger partial charge in [0.1, 0.15) is 23.6 Å². The molecule has 3 aliphatic rings. The average Bonchev–Trinajstić information content (AvgIpc) is 3.80. The first-order chi connectivity index (χ1) is 22.0. The van der Waals surface area contributed by atoms with Crippen molar-refractivity contribution in [3.05, 3.63) is 47.5 Å². The molecule has 11 nitrogen and oxygen atoms in total. The average molecular weight is 638 g/mol. The zero-order chi connectivity index (χ0) is 33.0. The van der Waals surface area contributed by atoms with E-state index in [1.165, 1.54) is 12.1 Å². The Kier molecular flexibility index (Phi) is 10.8. The van der Waals surface area contributed by atoms with E-state index in [4.69, 9.17) is 0 Å². The lowest BCUT2D eigenvalue weighted by atomic mass is 9.79. The van der Waals surface area contributed by atoms with Crippen LogP contribution in [0, 0.1) is 23.6 Å². The van der Waals surface area contributed by atoms with E-state index < -0.39 is 35.6 Å². The summed E-state index contributed by atoms with van der Waals surface area (Å²) in [5.74, 6) is -1.96. The van der Waals surface area contributed by atoms with Crippen LogP contribution in [0.3, 0.4) is 0 Å². The smallest absolute Gasteiger partial charge is 0.270 e. The first kappa shape index (κ1) is 33.6. The number of benzene rings is 1. The molecule has 46 heavy (non-hydrogen) atoms. The van der Waals surface area contributed by atoms with Crippen molar-refractivity contribution in [2.45, 2.75) is 83.8 Å². The predicted octanol–water partition coefficient (Wildman–Crippen LogP) is 3.38. The maximum Gasteiger partial charge on any atom is 0.270 e. The Morgan fingerprint density at radius 2 is 1.67 bits per heavy atom. The summed E-state index contributed by atoms with van der Waals surface area (Å²) in [5, 5.41) is 12.8. The first-order valence-corrected chi connectivity index (χ1v) is 16.8. The fourth-order valence-electron chi connectivity index (χ4n) is 6.57. The zero-order valence-corrected chi connectivity index (χ0v) is 27.4. The number of nitrogens with zero attached hydrogens (tertiary/aromatic N) is 4. The minimum absolute atomic E-state index is 0.00747. The van der Waals surface area contributed by atoms with Gasteiger partial charge in [-0.2, -0.15) is 5.10 Å². The van der Waals surface area contributed by atoms with Gasteiger partial charge in [-0.25, -0.2) is 4.39 Å². The van der Waals surface area contributed by atoms with E-state index in [1.807, 2.05) is 20.9 Å². The third-order valence-corrected chi connectivity index (χ3v) is 9.95. The molecule has 2 aromatic rings. The highest BCUT2D eigenvalue weighted by Crippen LogP contribution is 2.33. The summed E-state index contributed by atoms with van der Waals surface area (Å²) in [5.41, 5.74) is 0.897. The van der Waals surface area contributed by atoms with Gasteiger partial charge in [0.15, 0.2) is 0 Å². The SMILES string of the molecule is CCn1nccc1C(=O)N[C@H](C(=O)Nc1ccc([C@H](C)[C@@H](NC(=O)C2CC2)C(=O)N2CCN(C)CC2)cc1F)C1CCC(C)CC1. The van der Waals surface area contributed by atoms with E-state index in [1.54, 1.807) is 27.9 Å². The van der Waals surface area contributed by atoms with Crippen LogP contribution in [0.4, 0.5) is 10.1 Å². The number of aryl methyl sites for hydroxylation is 1. The summed E-state index contributed by atoms with van der Waals surface area (Å²) in [6.07, 6.45) is 6.62. The molecular formula is C34H48FN7O4. The summed E-state index contributed by atoms with van der Waals surface area (Å²) in [4.78, 5) is 57.3. The summed E-state index contributed by atoms with van der Waals surface area (Å²) >= 11 is 0. The maximum atomic E-state index is 15.7. The summed E-state index contributed by atoms with van der Waals surface area (Å²) < 4.78 is 17.2. The number of rotatable bonds is 11. The van der Waals surface area contributed by atoms with Crippen LogP contribution >= 0.6 is 0 Å². The highest BCUT2D eigenvalue weighted by molar-refractivity contribution is 6.00. The van der Waals surface area contributed by atoms with E-state index in [9.17, 15) is 19.2 Å². The molecule has 1 aromatic carbocycles. The zero-order valence-electron chi connectivity index (χ0n) is 27.4. The van der Waals surface area contributed by atoms with Gasteiger partial charge in [0.25, 0.3) is 5.91 Å². The Morgan fingerprint density at radius 3 is 2.30 bits per heavy atom. The van der Waals surface area contributed by atoms with E-state index in [0.29, 0.717) is 36.8 Å². The molecule has 3 fully saturated rings. The lowest BCUT2D eigenvalue weighted by molar-refractivity contribution is -0.138. The number of nitrogens with one attached hydrogen (secondary N) is 3. The monoisotopic (exact) mass is 637 g/mol. The third kappa shape index (κ3) is 7.94. The molecule has 0 spiro atoms. The summed E-state index contributed by atoms with van der Waals surface area (Å²) in [6.45, 7) is 9.01. The Labute approximate surface area is 270 Å². The van der Waals surface area contributed by atoms with Crippen LogP contribution in [0.1, 0.15) is 81.3 Å². The number of hydrogen-bond donors (Lipinski definition) is 3. The molecule has 0 radical (unpaired) electrons. The van der Waals surface area contributed by atoms with Gasteiger partial charge in [-0.3, -0.25) is 23.9 Å². The lowest BCUT2D eigenvalue weighted by Gasteiger charge is -2.36. The molecule has 0 unspecified atom stereocenters. The van der Waals surface area contributed by atoms with Crippen molar-refractivity contribution in [2.75, 3.05) is 38.5 Å². The predicted molar refractivity (Wildman–Crippen MR) is 172 cm³/mol. The molecule has 1 aromatic heterocycles. The van der Waals surface area contributed by atoms with Crippen LogP contribution in [0.15, 0.2) is 30.5 Å². The van der Waals surface area contributed by atoms with Gasteiger partial charge in [-0.1, -0.05) is 32.8 Å². The molecular weight excluding hydrogens is 589 g/mol. The lowest BCUT2D eigenvalue weighted by Crippen LogP contribution is -2.56. The van der Waals surface area contributed by atoms with Gasteiger partial charge in [0, 0.05) is 50.8 Å². The number of carbonyl (C=O) groups excluding carboxylic acids is 4. The second-order valence-corrected chi connectivity index (χ2v) is 13.4. The Hall–Kier alpha value is -3.80. The molecule has 1 aliphatic heterocycles. The number of carbonyl (C=O) groups is 4. The molecule has 5 rings (SSSR count). The Morgan fingerprint density at radius 1 is 0.978 bits per heavy atom. The normalized spacial score (nSPS) is 22.4. The molecule has 0 bridgehead atoms. The number of likely N-dealkylation sites (N-methyl/N-ethyl adjacent to an activating group) is 1. The number of piperazine rings is 1. The first-order valence-electron chi connectivity index (χ1n) is 16.8. The van der Waals surface area contributed by atoms with Crippen molar-refractivity contribution >= 4 is 29.3 Å². The highest BCUT2D eigenvalue weighted by Gasteiger charge is 2.38. The molecule has 4 amide bonds. The van der Waals surface area contributed by atoms with Crippen LogP contribution < -0.4 is 16.0 Å². The molecule has 250 valence electrons. The van der Waals surface area contributed by atoms with Gasteiger partial charge in [-0.05, 0) is 75.3 Å². The van der Waals surface area contributed by atoms with Crippen molar-refractivity contribution in [1.29, 1.82) is 0 Å². The van der Waals surface area contributed by atoms with Gasteiger partial charge >= 0.3 is 0 Å². The van der Waals surface area contributed by atoms with E-state index >= 15 is 4.39 Å². The number of hydrogen-bond acceptors (Lipinski definition) is 6. The van der Waals surface area contributed by atoms with E-state index in [-0.39, 0.29) is 29.3 Å². The highest BCUT2D eigenvalue weighted by atomic mass is 19.1. The van der Waals surface area contributed by atoms with Crippen LogP contribution in [-0.4, -0.2) is 88.5 Å². The minimum atomic E-state index is -0.846. The second kappa shape index (κ2) is 14.7. The second-order valence-electron chi connectivity index (χ2n) is 13.4. The fraction of sp³-hybridized carbons (Fsp3) is 0.618. The van der Waals surface area contributed by atoms with Gasteiger partial charge in [0.05, 0.1) is 5.69 Å². The van der Waals surface area contributed by atoms with Crippen molar-refractivity contribution < 1.29 is 23.6 Å². The van der Waals surface area contributed by atoms with Gasteiger partial charge in [0.2, 0.25) is 17.7 Å². The van der Waals surface area contributed by atoms with Crippen LogP contribution in [0.2, 0.25) is 0 Å². The Balaban J connectivity index is 1.32. The Bertz CT molecular complexity index is 1410. The molecule has 2 aliphatic carbocycles. The minimum Gasteiger partial charge on any atom is -0.343 e. The number of anilines is 1. The van der Waals surface area contributed by atoms with Gasteiger partial charge < -0.3 is 25.8 Å². The van der Waals surface area contributed by atoms with Crippen molar-refractivity contribution in [3.8, 4) is 0 Å². The van der Waals surface area contributed by atoms with Crippen LogP contribution in [-0.2, 0) is 20.9 Å². The molecule has 12 heteroatoms. The number of halogens is 1. The van der Waals surface area contributed by atoms with Crippen LogP contribution in [0.5, 0.6) is 0 Å². The van der Waals surface area contributed by atoms with E-state index in [2.05, 4.69) is 32.9 Å². The molecule has 2 heterocycles. The molecule has 3 N–H and O–H groups in total. The van der Waals surface area contributed by atoms with Crippen molar-refractivity contribution in [1.82, 2.24) is 30.2 Å². The summed E-state index contributed by atoms with van der Waals surface area (Å²) in [7, 11) is 2.01. The molecule has 1 saturated heterocycles. The topological polar surface area (TPSA) is 129 Å². The van der Waals surface area contributed by atoms with E-state index in [0.717, 1.165) is 51.6 Å². The van der Waals surface area contributed by atoms with Crippen molar-refractivity contribution in [3.63, 3.8) is 0 Å². The molecule has 2 saturated carbocycles. The maximum absolute atomic E-state index is 15.7. The fourth-order valence-corrected chi connectivity index (χ4v) is 6.57. The number of amides is 4. The van der Waals surface area contributed by atoms with Crippen molar-refractivity contribution in [2.24, 2.45) is 17.8 Å². The van der Waals surface area contributed by atoms with Gasteiger partial charge in [-0.15, -0.1) is 0 Å². The standard InChI is InChI=1S/C34H48FN7O4/c1-5-42-28(14-15-36-42)32(44)39-30(23-8-6-21(2)7-9-23)33(45)37-27-13-12-25(20-26(27)35)22(3)29(38-31(43)24-10-11-24)34(46)41-18-16-40(4)17-19-41/h12-15,20-24,29-30H,5-11,16-19H2,1-4H3,(H,37,45)(H,38,43)(H,39,44)/t21?,22-,23?,29+,30-/m0/s1. The third-order valence-electron chi connectivity index (χ3n) is 9.95. The molecule has 3 atom stereocenters. The summed E-state index contributed by atoms with van der Waals surface area (Å²) in [6, 6.07) is 4.44. The largest absolute Gasteiger partial charge is 0.343 e. The van der Waals surface area contributed by atoms with Crippen LogP contribution in [0.25, 0.3) is 0 Å². The quantitative estimate of drug-likeness (QED) is 0.347. The number of aromatic nitrogens is 2.